The van der Waals surface area contributed by atoms with E-state index in [1.807, 2.05) is 42.5 Å². The maximum atomic E-state index is 12.8. The van der Waals surface area contributed by atoms with Crippen LogP contribution < -0.4 is 14.8 Å². The topological polar surface area (TPSA) is 80.2 Å². The number of thiocarbonyl (C=S) groups is 1. The summed E-state index contributed by atoms with van der Waals surface area (Å²) in [6, 6.07) is 14.8. The SMILES string of the molecule is COc1cc(CN=CC2C(=O)NC(=S)N(Cc3ccccc3)C2=O)cc(OC)c1. The molecule has 0 radical (unpaired) electrons. The van der Waals surface area contributed by atoms with E-state index in [1.165, 1.54) is 11.1 Å². The van der Waals surface area contributed by atoms with Gasteiger partial charge in [-0.15, -0.1) is 0 Å². The van der Waals surface area contributed by atoms with Crippen molar-refractivity contribution in [3.8, 4) is 11.5 Å². The van der Waals surface area contributed by atoms with E-state index >= 15 is 0 Å². The van der Waals surface area contributed by atoms with Crippen LogP contribution in [-0.4, -0.2) is 42.3 Å². The molecule has 8 heteroatoms. The second kappa shape index (κ2) is 9.29. The van der Waals surface area contributed by atoms with E-state index in [1.54, 1.807) is 20.3 Å². The minimum absolute atomic E-state index is 0.103. The first kappa shape index (κ1) is 20.5. The Morgan fingerprint density at radius 3 is 2.34 bits per heavy atom. The second-order valence-electron chi connectivity index (χ2n) is 6.39. The van der Waals surface area contributed by atoms with E-state index in [0.29, 0.717) is 11.5 Å². The number of methoxy groups -OCH3 is 2. The summed E-state index contributed by atoms with van der Waals surface area (Å²) in [5.74, 6) is -0.621. The van der Waals surface area contributed by atoms with Crippen LogP contribution in [0.3, 0.4) is 0 Å². The average molecular weight is 411 g/mol. The number of benzene rings is 2. The van der Waals surface area contributed by atoms with Crippen LogP contribution in [0.4, 0.5) is 0 Å². The van der Waals surface area contributed by atoms with Crippen LogP contribution in [0.2, 0.25) is 0 Å². The van der Waals surface area contributed by atoms with Crippen LogP contribution in [0.25, 0.3) is 0 Å². The van der Waals surface area contributed by atoms with E-state index < -0.39 is 17.7 Å². The maximum Gasteiger partial charge on any atom is 0.247 e. The third-order valence-electron chi connectivity index (χ3n) is 4.41. The lowest BCUT2D eigenvalue weighted by molar-refractivity contribution is -0.138. The molecule has 3 rings (SSSR count). The number of nitrogens with zero attached hydrogens (tertiary/aromatic N) is 2. The second-order valence-corrected chi connectivity index (χ2v) is 6.78. The van der Waals surface area contributed by atoms with Gasteiger partial charge in [0.15, 0.2) is 11.0 Å². The molecule has 0 saturated carbocycles. The summed E-state index contributed by atoms with van der Waals surface area (Å²) >= 11 is 5.18. The van der Waals surface area contributed by atoms with Crippen LogP contribution in [0.1, 0.15) is 11.1 Å². The molecular weight excluding hydrogens is 390 g/mol. The third-order valence-corrected chi connectivity index (χ3v) is 4.74. The molecule has 1 aliphatic rings. The molecule has 29 heavy (non-hydrogen) atoms. The molecule has 0 spiro atoms. The molecule has 2 aromatic carbocycles. The summed E-state index contributed by atoms with van der Waals surface area (Å²) in [5.41, 5.74) is 1.75. The van der Waals surface area contributed by atoms with E-state index in [0.717, 1.165) is 11.1 Å². The first-order valence-electron chi connectivity index (χ1n) is 8.94. The first-order chi connectivity index (χ1) is 14.0. The maximum absolute atomic E-state index is 12.8. The quantitative estimate of drug-likeness (QED) is 0.430. The highest BCUT2D eigenvalue weighted by Crippen LogP contribution is 2.23. The molecule has 1 unspecified atom stereocenters. The number of carbonyl (C=O) groups excluding carboxylic acids is 2. The number of aliphatic imine (C=N–C) groups is 1. The van der Waals surface area contributed by atoms with E-state index in [9.17, 15) is 9.59 Å². The Kier molecular flexibility index (Phi) is 6.56. The van der Waals surface area contributed by atoms with Crippen LogP contribution in [-0.2, 0) is 22.7 Å². The van der Waals surface area contributed by atoms with Crippen molar-refractivity contribution < 1.29 is 19.1 Å². The lowest BCUT2D eigenvalue weighted by atomic mass is 10.1. The standard InChI is InChI=1S/C21H21N3O4S/c1-27-16-8-15(9-17(10-16)28-2)11-22-12-18-19(25)23-21(29)24(20(18)26)13-14-6-4-3-5-7-14/h3-10,12,18H,11,13H2,1-2H3,(H,23,25,29). The van der Waals surface area contributed by atoms with Gasteiger partial charge in [-0.25, -0.2) is 0 Å². The zero-order valence-electron chi connectivity index (χ0n) is 16.1. The van der Waals surface area contributed by atoms with Gasteiger partial charge in [0.2, 0.25) is 11.8 Å². The summed E-state index contributed by atoms with van der Waals surface area (Å²) < 4.78 is 10.5. The van der Waals surface area contributed by atoms with Crippen LogP contribution in [0.5, 0.6) is 11.5 Å². The van der Waals surface area contributed by atoms with E-state index in [2.05, 4.69) is 10.3 Å². The number of hydrogen-bond acceptors (Lipinski definition) is 6. The molecule has 0 bridgehead atoms. The molecule has 2 aromatic rings. The van der Waals surface area contributed by atoms with Crippen molar-refractivity contribution in [2.45, 2.75) is 13.1 Å². The van der Waals surface area contributed by atoms with Crippen molar-refractivity contribution >= 4 is 35.4 Å². The minimum Gasteiger partial charge on any atom is -0.497 e. The Balaban J connectivity index is 1.73. The van der Waals surface area contributed by atoms with Gasteiger partial charge in [-0.1, -0.05) is 30.3 Å². The third kappa shape index (κ3) is 4.97. The lowest BCUT2D eigenvalue weighted by Gasteiger charge is -2.31. The number of ether oxygens (including phenoxy) is 2. The molecule has 1 heterocycles. The number of carbonyl (C=O) groups is 2. The van der Waals surface area contributed by atoms with Crippen LogP contribution >= 0.6 is 12.2 Å². The van der Waals surface area contributed by atoms with Gasteiger partial charge in [0.25, 0.3) is 0 Å². The predicted molar refractivity (Wildman–Crippen MR) is 113 cm³/mol. The fourth-order valence-corrected chi connectivity index (χ4v) is 3.15. The molecule has 1 atom stereocenters. The minimum atomic E-state index is -1.03. The smallest absolute Gasteiger partial charge is 0.247 e. The van der Waals surface area contributed by atoms with Crippen molar-refractivity contribution in [2.75, 3.05) is 14.2 Å². The lowest BCUT2D eigenvalue weighted by Crippen LogP contribution is -2.57. The average Bonchev–Trinajstić information content (AvgIpc) is 2.73. The molecule has 1 aliphatic heterocycles. The van der Waals surface area contributed by atoms with Gasteiger partial charge in [-0.3, -0.25) is 19.5 Å². The first-order valence-corrected chi connectivity index (χ1v) is 9.34. The highest BCUT2D eigenvalue weighted by Gasteiger charge is 2.37. The Morgan fingerprint density at radius 2 is 1.72 bits per heavy atom. The van der Waals surface area contributed by atoms with Crippen LogP contribution in [0.15, 0.2) is 53.5 Å². The molecular formula is C21H21N3O4S. The summed E-state index contributed by atoms with van der Waals surface area (Å²) in [7, 11) is 3.13. The van der Waals surface area contributed by atoms with Crippen molar-refractivity contribution in [1.82, 2.24) is 10.2 Å². The molecule has 7 nitrogen and oxygen atoms in total. The number of nitrogens with one attached hydrogen (secondary N) is 1. The van der Waals surface area contributed by atoms with Gasteiger partial charge in [0, 0.05) is 12.3 Å². The van der Waals surface area contributed by atoms with Crippen LogP contribution in [0, 0.1) is 5.92 Å². The van der Waals surface area contributed by atoms with E-state index in [-0.39, 0.29) is 18.2 Å². The Morgan fingerprint density at radius 1 is 1.07 bits per heavy atom. The summed E-state index contributed by atoms with van der Waals surface area (Å²) in [4.78, 5) is 30.8. The normalized spacial score (nSPS) is 16.8. The summed E-state index contributed by atoms with van der Waals surface area (Å²) in [5, 5.41) is 2.68. The van der Waals surface area contributed by atoms with E-state index in [4.69, 9.17) is 21.7 Å². The van der Waals surface area contributed by atoms with Crippen molar-refractivity contribution in [1.29, 1.82) is 0 Å². The Labute approximate surface area is 174 Å². The Bertz CT molecular complexity index is 924. The van der Waals surface area contributed by atoms with Crippen molar-refractivity contribution in [2.24, 2.45) is 10.9 Å². The highest BCUT2D eigenvalue weighted by atomic mass is 32.1. The molecule has 1 fully saturated rings. The molecule has 2 amide bonds. The molecule has 0 aromatic heterocycles. The zero-order valence-corrected chi connectivity index (χ0v) is 16.9. The molecule has 1 N–H and O–H groups in total. The highest BCUT2D eigenvalue weighted by molar-refractivity contribution is 7.80. The number of hydrogen-bond donors (Lipinski definition) is 1. The zero-order chi connectivity index (χ0) is 20.8. The number of amides is 2. The molecule has 0 aliphatic carbocycles. The molecule has 150 valence electrons. The monoisotopic (exact) mass is 411 g/mol. The van der Waals surface area contributed by atoms with Crippen molar-refractivity contribution in [3.63, 3.8) is 0 Å². The fourth-order valence-electron chi connectivity index (χ4n) is 2.90. The van der Waals surface area contributed by atoms with Gasteiger partial charge in [0.1, 0.15) is 11.5 Å². The number of rotatable bonds is 7. The van der Waals surface area contributed by atoms with Gasteiger partial charge < -0.3 is 14.8 Å². The van der Waals surface area contributed by atoms with Gasteiger partial charge in [-0.2, -0.15) is 0 Å². The van der Waals surface area contributed by atoms with Gasteiger partial charge >= 0.3 is 0 Å². The summed E-state index contributed by atoms with van der Waals surface area (Å²) in [6.45, 7) is 0.559. The Hall–Kier alpha value is -3.26. The predicted octanol–water partition coefficient (Wildman–Crippen LogP) is 2.33. The van der Waals surface area contributed by atoms with Gasteiger partial charge in [-0.05, 0) is 35.5 Å². The van der Waals surface area contributed by atoms with Gasteiger partial charge in [0.05, 0.1) is 27.3 Å². The van der Waals surface area contributed by atoms with Crippen molar-refractivity contribution in [3.05, 3.63) is 59.7 Å². The largest absolute Gasteiger partial charge is 0.497 e. The summed E-state index contributed by atoms with van der Waals surface area (Å²) in [6.07, 6.45) is 1.36. The fraction of sp³-hybridized carbons (Fsp3) is 0.238. The molecule has 1 saturated heterocycles.